The summed E-state index contributed by atoms with van der Waals surface area (Å²) in [5.41, 5.74) is -0.435. The van der Waals surface area contributed by atoms with Gasteiger partial charge in [0.25, 0.3) is 11.6 Å². The zero-order valence-electron chi connectivity index (χ0n) is 10.0. The van der Waals surface area contributed by atoms with Gasteiger partial charge in [-0.1, -0.05) is 24.6 Å². The van der Waals surface area contributed by atoms with Gasteiger partial charge in [0, 0.05) is 24.9 Å². The van der Waals surface area contributed by atoms with Gasteiger partial charge in [-0.05, 0) is 6.07 Å². The molecule has 0 radical (unpaired) electrons. The van der Waals surface area contributed by atoms with Crippen molar-refractivity contribution in [1.29, 1.82) is 0 Å². The number of carbonyl (C=O) groups is 1. The molecule has 0 saturated carbocycles. The zero-order valence-corrected chi connectivity index (χ0v) is 10.8. The van der Waals surface area contributed by atoms with E-state index in [1.165, 1.54) is 35.2 Å². The van der Waals surface area contributed by atoms with Gasteiger partial charge in [0.15, 0.2) is 0 Å². The standard InChI is InChI=1S/C12H10ClN3O3/c1-2-10-14-6-7-15(10)12(17)11-8(13)4-3-5-9(11)16(18)19/h3-7H,2H2,1H3. The minimum atomic E-state index is -0.623. The largest absolute Gasteiger partial charge is 0.283 e. The van der Waals surface area contributed by atoms with Crippen molar-refractivity contribution in [2.24, 2.45) is 0 Å². The highest BCUT2D eigenvalue weighted by molar-refractivity contribution is 6.34. The van der Waals surface area contributed by atoms with Crippen LogP contribution in [0.5, 0.6) is 0 Å². The molecule has 0 saturated heterocycles. The summed E-state index contributed by atoms with van der Waals surface area (Å²) in [6, 6.07) is 4.14. The van der Waals surface area contributed by atoms with E-state index in [9.17, 15) is 14.9 Å². The molecule has 0 unspecified atom stereocenters. The van der Waals surface area contributed by atoms with E-state index in [1.807, 2.05) is 6.92 Å². The summed E-state index contributed by atoms with van der Waals surface area (Å²) in [6.45, 7) is 1.84. The summed E-state index contributed by atoms with van der Waals surface area (Å²) in [6.07, 6.45) is 3.48. The lowest BCUT2D eigenvalue weighted by Gasteiger charge is -2.07. The molecule has 98 valence electrons. The Hall–Kier alpha value is -2.21. The molecule has 6 nitrogen and oxygen atoms in total. The molecule has 0 amide bonds. The van der Waals surface area contributed by atoms with Crippen molar-refractivity contribution in [1.82, 2.24) is 9.55 Å². The summed E-state index contributed by atoms with van der Waals surface area (Å²) in [5.74, 6) is -0.0223. The fourth-order valence-electron chi connectivity index (χ4n) is 1.78. The summed E-state index contributed by atoms with van der Waals surface area (Å²) in [5, 5.41) is 11.0. The Morgan fingerprint density at radius 3 is 2.89 bits per heavy atom. The molecule has 1 aromatic carbocycles. The first-order valence-electron chi connectivity index (χ1n) is 5.56. The number of carbonyl (C=O) groups excluding carboxylic acids is 1. The van der Waals surface area contributed by atoms with E-state index < -0.39 is 10.8 Å². The Morgan fingerprint density at radius 2 is 2.26 bits per heavy atom. The van der Waals surface area contributed by atoms with E-state index in [-0.39, 0.29) is 16.3 Å². The maximum atomic E-state index is 12.4. The van der Waals surface area contributed by atoms with Gasteiger partial charge >= 0.3 is 0 Å². The molecular formula is C12H10ClN3O3. The van der Waals surface area contributed by atoms with E-state index >= 15 is 0 Å². The van der Waals surface area contributed by atoms with Crippen molar-refractivity contribution in [3.05, 3.63) is 57.1 Å². The number of hydrogen-bond donors (Lipinski definition) is 0. The lowest BCUT2D eigenvalue weighted by Crippen LogP contribution is -2.16. The Kier molecular flexibility index (Phi) is 3.62. The van der Waals surface area contributed by atoms with Crippen LogP contribution >= 0.6 is 11.6 Å². The van der Waals surface area contributed by atoms with Gasteiger partial charge in [0.05, 0.1) is 9.95 Å². The molecular weight excluding hydrogens is 270 g/mol. The van der Waals surface area contributed by atoms with E-state index in [2.05, 4.69) is 4.98 Å². The van der Waals surface area contributed by atoms with Crippen LogP contribution in [0.15, 0.2) is 30.6 Å². The van der Waals surface area contributed by atoms with Gasteiger partial charge in [-0.25, -0.2) is 4.98 Å². The summed E-state index contributed by atoms with van der Waals surface area (Å²) >= 11 is 5.92. The van der Waals surface area contributed by atoms with Crippen molar-refractivity contribution in [2.45, 2.75) is 13.3 Å². The lowest BCUT2D eigenvalue weighted by molar-refractivity contribution is -0.385. The first-order chi connectivity index (χ1) is 9.06. The molecule has 0 N–H and O–H groups in total. The highest BCUT2D eigenvalue weighted by Gasteiger charge is 2.25. The number of aryl methyl sites for hydroxylation is 1. The van der Waals surface area contributed by atoms with Crippen LogP contribution in [0, 0.1) is 10.1 Å². The zero-order chi connectivity index (χ0) is 14.0. The minimum Gasteiger partial charge on any atom is -0.269 e. The minimum absolute atomic E-state index is 0.0509. The van der Waals surface area contributed by atoms with Crippen LogP contribution in [-0.4, -0.2) is 20.4 Å². The molecule has 0 aliphatic carbocycles. The second-order valence-corrected chi connectivity index (χ2v) is 4.17. The smallest absolute Gasteiger partial charge is 0.269 e. The lowest BCUT2D eigenvalue weighted by atomic mass is 10.1. The van der Waals surface area contributed by atoms with Crippen LogP contribution in [0.1, 0.15) is 23.1 Å². The van der Waals surface area contributed by atoms with Crippen molar-refractivity contribution in [3.63, 3.8) is 0 Å². The molecule has 1 aromatic heterocycles. The average Bonchev–Trinajstić information content (AvgIpc) is 2.85. The van der Waals surface area contributed by atoms with Crippen LogP contribution in [0.25, 0.3) is 0 Å². The Morgan fingerprint density at radius 1 is 1.53 bits per heavy atom. The fourth-order valence-corrected chi connectivity index (χ4v) is 2.03. The molecule has 1 heterocycles. The van der Waals surface area contributed by atoms with E-state index in [4.69, 9.17) is 11.6 Å². The summed E-state index contributed by atoms with van der Waals surface area (Å²) in [4.78, 5) is 26.7. The molecule has 2 rings (SSSR count). The van der Waals surface area contributed by atoms with Crippen molar-refractivity contribution in [2.75, 3.05) is 0 Å². The van der Waals surface area contributed by atoms with E-state index in [0.717, 1.165) is 0 Å². The first-order valence-corrected chi connectivity index (χ1v) is 5.94. The van der Waals surface area contributed by atoms with Gasteiger partial charge in [-0.15, -0.1) is 0 Å². The van der Waals surface area contributed by atoms with Crippen LogP contribution < -0.4 is 0 Å². The maximum absolute atomic E-state index is 12.4. The Bertz CT molecular complexity index is 651. The second kappa shape index (κ2) is 5.19. The van der Waals surface area contributed by atoms with Gasteiger partial charge in [-0.3, -0.25) is 19.5 Å². The third kappa shape index (κ3) is 2.34. The SMILES string of the molecule is CCc1nccn1C(=O)c1c(Cl)cccc1[N+](=O)[O-]. The molecule has 0 fully saturated rings. The topological polar surface area (TPSA) is 78.0 Å². The number of nitrogens with zero attached hydrogens (tertiary/aromatic N) is 3. The van der Waals surface area contributed by atoms with E-state index in [1.54, 1.807) is 0 Å². The number of imidazole rings is 1. The van der Waals surface area contributed by atoms with Crippen molar-refractivity contribution >= 4 is 23.2 Å². The number of nitro benzene ring substituents is 1. The Labute approximate surface area is 113 Å². The first kappa shape index (κ1) is 13.2. The van der Waals surface area contributed by atoms with Crippen molar-refractivity contribution < 1.29 is 9.72 Å². The maximum Gasteiger partial charge on any atom is 0.283 e. The summed E-state index contributed by atoms with van der Waals surface area (Å²) < 4.78 is 1.27. The Balaban J connectivity index is 2.59. The molecule has 0 atom stereocenters. The highest BCUT2D eigenvalue weighted by atomic mass is 35.5. The molecule has 0 aliphatic rings. The normalized spacial score (nSPS) is 10.4. The number of rotatable bonds is 3. The van der Waals surface area contributed by atoms with Gasteiger partial charge in [0.2, 0.25) is 0 Å². The second-order valence-electron chi connectivity index (χ2n) is 3.76. The van der Waals surface area contributed by atoms with Gasteiger partial charge in [0.1, 0.15) is 11.4 Å². The van der Waals surface area contributed by atoms with Crippen LogP contribution in [0.4, 0.5) is 5.69 Å². The number of aromatic nitrogens is 2. The third-order valence-corrected chi connectivity index (χ3v) is 2.97. The summed E-state index contributed by atoms with van der Waals surface area (Å²) in [7, 11) is 0. The molecule has 0 bridgehead atoms. The van der Waals surface area contributed by atoms with Gasteiger partial charge in [-0.2, -0.15) is 0 Å². The third-order valence-electron chi connectivity index (χ3n) is 2.65. The molecule has 19 heavy (non-hydrogen) atoms. The van der Waals surface area contributed by atoms with Crippen LogP contribution in [-0.2, 0) is 6.42 Å². The number of benzene rings is 1. The molecule has 7 heteroatoms. The number of hydrogen-bond acceptors (Lipinski definition) is 4. The molecule has 0 spiro atoms. The van der Waals surface area contributed by atoms with Crippen molar-refractivity contribution in [3.8, 4) is 0 Å². The predicted molar refractivity (Wildman–Crippen MR) is 69.4 cm³/mol. The quantitative estimate of drug-likeness (QED) is 0.639. The highest BCUT2D eigenvalue weighted by Crippen LogP contribution is 2.27. The predicted octanol–water partition coefficient (Wildman–Crippen LogP) is 2.70. The average molecular weight is 280 g/mol. The number of halogens is 1. The monoisotopic (exact) mass is 279 g/mol. The fraction of sp³-hybridized carbons (Fsp3) is 0.167. The number of nitro groups is 1. The van der Waals surface area contributed by atoms with Crippen LogP contribution in [0.3, 0.4) is 0 Å². The molecule has 2 aromatic rings. The van der Waals surface area contributed by atoms with Crippen LogP contribution in [0.2, 0.25) is 5.02 Å². The van der Waals surface area contributed by atoms with Gasteiger partial charge < -0.3 is 0 Å². The molecule has 0 aliphatic heterocycles. The van der Waals surface area contributed by atoms with E-state index in [0.29, 0.717) is 12.2 Å².